The average Bonchev–Trinajstić information content (AvgIpc) is 2.66. The van der Waals surface area contributed by atoms with Crippen LogP contribution in [0.15, 0.2) is 41.3 Å². The predicted octanol–water partition coefficient (Wildman–Crippen LogP) is 2.93. The van der Waals surface area contributed by atoms with Gasteiger partial charge in [-0.1, -0.05) is 13.0 Å². The van der Waals surface area contributed by atoms with Crippen molar-refractivity contribution >= 4 is 21.6 Å². The summed E-state index contributed by atoms with van der Waals surface area (Å²) < 4.78 is 46.2. The Morgan fingerprint density at radius 2 is 2.00 bits per heavy atom. The lowest BCUT2D eigenvalue weighted by Gasteiger charge is -2.29. The zero-order valence-corrected chi connectivity index (χ0v) is 16.0. The van der Waals surface area contributed by atoms with Gasteiger partial charge in [-0.05, 0) is 47.9 Å². The molecule has 0 atom stereocenters. The number of rotatable bonds is 5. The second kappa shape index (κ2) is 7.56. The van der Waals surface area contributed by atoms with Crippen LogP contribution in [0.2, 0.25) is 0 Å². The average molecular weight is 392 g/mol. The summed E-state index contributed by atoms with van der Waals surface area (Å²) in [7, 11) is -2.64. The van der Waals surface area contributed by atoms with E-state index in [1.807, 2.05) is 13.0 Å². The number of benzene rings is 2. The largest absolute Gasteiger partial charge is 0.494 e. The fraction of sp³-hybridized carbons (Fsp3) is 0.316. The van der Waals surface area contributed by atoms with Crippen LogP contribution in [0.1, 0.15) is 24.5 Å². The molecule has 0 bridgehead atoms. The van der Waals surface area contributed by atoms with Crippen LogP contribution in [-0.2, 0) is 27.8 Å². The molecular weight excluding hydrogens is 371 g/mol. The number of carbonyl (C=O) groups excluding carboxylic acids is 1. The van der Waals surface area contributed by atoms with Crippen molar-refractivity contribution in [1.82, 2.24) is 4.90 Å². The number of sulfonamides is 1. The van der Waals surface area contributed by atoms with Crippen LogP contribution in [0.3, 0.4) is 0 Å². The van der Waals surface area contributed by atoms with Gasteiger partial charge >= 0.3 is 0 Å². The highest BCUT2D eigenvalue weighted by molar-refractivity contribution is 7.92. The fourth-order valence-corrected chi connectivity index (χ4v) is 4.15. The van der Waals surface area contributed by atoms with Crippen LogP contribution in [0, 0.1) is 5.82 Å². The molecule has 8 heteroatoms. The number of anilines is 1. The zero-order valence-electron chi connectivity index (χ0n) is 15.2. The lowest BCUT2D eigenvalue weighted by molar-refractivity contribution is -0.131. The van der Waals surface area contributed by atoms with E-state index in [1.165, 1.54) is 19.2 Å². The molecule has 0 spiro atoms. The van der Waals surface area contributed by atoms with Gasteiger partial charge in [-0.15, -0.1) is 0 Å². The number of nitrogens with zero attached hydrogens (tertiary/aromatic N) is 1. The van der Waals surface area contributed by atoms with Gasteiger partial charge in [-0.25, -0.2) is 12.8 Å². The lowest BCUT2D eigenvalue weighted by atomic mass is 9.99. The van der Waals surface area contributed by atoms with Crippen molar-refractivity contribution in [1.29, 1.82) is 0 Å². The highest BCUT2D eigenvalue weighted by Crippen LogP contribution is 2.26. The second-order valence-corrected chi connectivity index (χ2v) is 7.99. The summed E-state index contributed by atoms with van der Waals surface area (Å²) in [5.74, 6) is -0.705. The van der Waals surface area contributed by atoms with Crippen LogP contribution in [-0.4, -0.2) is 32.9 Å². The number of carbonyl (C=O) groups is 1. The molecule has 0 saturated heterocycles. The molecule has 0 radical (unpaired) electrons. The van der Waals surface area contributed by atoms with Gasteiger partial charge < -0.3 is 9.64 Å². The first kappa shape index (κ1) is 19.2. The topological polar surface area (TPSA) is 75.7 Å². The lowest BCUT2D eigenvalue weighted by Crippen LogP contribution is -2.35. The van der Waals surface area contributed by atoms with Gasteiger partial charge in [0.25, 0.3) is 10.0 Å². The Balaban J connectivity index is 1.84. The van der Waals surface area contributed by atoms with Crippen molar-refractivity contribution in [3.05, 3.63) is 53.3 Å². The molecule has 2 aromatic rings. The van der Waals surface area contributed by atoms with Crippen LogP contribution in [0.25, 0.3) is 0 Å². The monoisotopic (exact) mass is 392 g/mol. The molecule has 1 aliphatic rings. The first-order valence-electron chi connectivity index (χ1n) is 8.60. The van der Waals surface area contributed by atoms with Gasteiger partial charge in [0, 0.05) is 25.2 Å². The minimum absolute atomic E-state index is 0.0246. The summed E-state index contributed by atoms with van der Waals surface area (Å²) in [4.78, 5) is 13.5. The number of halogens is 1. The van der Waals surface area contributed by atoms with E-state index in [0.717, 1.165) is 23.6 Å². The number of methoxy groups -OCH3 is 1. The van der Waals surface area contributed by atoms with Crippen molar-refractivity contribution in [2.45, 2.75) is 31.2 Å². The highest BCUT2D eigenvalue weighted by atomic mass is 32.2. The number of fused-ring (bicyclic) bond motifs is 1. The van der Waals surface area contributed by atoms with E-state index in [1.54, 1.807) is 17.0 Å². The summed E-state index contributed by atoms with van der Waals surface area (Å²) in [5.41, 5.74) is 2.37. The Morgan fingerprint density at radius 3 is 2.67 bits per heavy atom. The van der Waals surface area contributed by atoms with Crippen molar-refractivity contribution in [2.75, 3.05) is 18.4 Å². The maximum Gasteiger partial charge on any atom is 0.262 e. The van der Waals surface area contributed by atoms with Gasteiger partial charge in [0.05, 0.1) is 12.0 Å². The normalized spacial score (nSPS) is 13.8. The van der Waals surface area contributed by atoms with Gasteiger partial charge in [-0.3, -0.25) is 9.52 Å². The quantitative estimate of drug-likeness (QED) is 0.849. The standard InChI is InChI=1S/C19H21FN2O4S/c1-3-19(23)22-9-8-13-4-5-15(10-14(13)12-22)21-27(24,25)16-6-7-18(26-2)17(20)11-16/h4-7,10-11,21H,3,8-9,12H2,1-2H3. The van der Waals surface area contributed by atoms with Crippen LogP contribution < -0.4 is 9.46 Å². The van der Waals surface area contributed by atoms with E-state index in [4.69, 9.17) is 4.74 Å². The summed E-state index contributed by atoms with van der Waals surface area (Å²) in [5, 5.41) is 0. The van der Waals surface area contributed by atoms with Crippen LogP contribution in [0.4, 0.5) is 10.1 Å². The molecule has 0 aliphatic carbocycles. The first-order valence-corrected chi connectivity index (χ1v) is 10.1. The Kier molecular flexibility index (Phi) is 5.36. The predicted molar refractivity (Wildman–Crippen MR) is 99.6 cm³/mol. The maximum atomic E-state index is 13.8. The van der Waals surface area contributed by atoms with E-state index < -0.39 is 15.8 Å². The number of hydrogen-bond acceptors (Lipinski definition) is 4. The van der Waals surface area contributed by atoms with Gasteiger partial charge in [0.15, 0.2) is 11.6 Å². The molecule has 1 amide bonds. The van der Waals surface area contributed by atoms with E-state index in [-0.39, 0.29) is 16.6 Å². The molecule has 0 saturated carbocycles. The van der Waals surface area contributed by atoms with Crippen LogP contribution in [0.5, 0.6) is 5.75 Å². The van der Waals surface area contributed by atoms with Gasteiger partial charge in [-0.2, -0.15) is 0 Å². The minimum Gasteiger partial charge on any atom is -0.494 e. The Labute approximate surface area is 158 Å². The molecule has 6 nitrogen and oxygen atoms in total. The van der Waals surface area contributed by atoms with Crippen molar-refractivity contribution in [2.24, 2.45) is 0 Å². The maximum absolute atomic E-state index is 13.8. The highest BCUT2D eigenvalue weighted by Gasteiger charge is 2.21. The number of hydrogen-bond donors (Lipinski definition) is 1. The summed E-state index contributed by atoms with van der Waals surface area (Å²) >= 11 is 0. The number of nitrogens with one attached hydrogen (secondary N) is 1. The Morgan fingerprint density at radius 1 is 1.22 bits per heavy atom. The summed E-state index contributed by atoms with van der Waals surface area (Å²) in [6.07, 6.45) is 1.17. The third-order valence-corrected chi connectivity index (χ3v) is 5.94. The van der Waals surface area contributed by atoms with Crippen molar-refractivity contribution in [3.63, 3.8) is 0 Å². The summed E-state index contributed by atoms with van der Waals surface area (Å²) in [6, 6.07) is 8.72. The van der Waals surface area contributed by atoms with E-state index in [2.05, 4.69) is 4.72 Å². The smallest absolute Gasteiger partial charge is 0.262 e. The van der Waals surface area contributed by atoms with Crippen molar-refractivity contribution < 1.29 is 22.3 Å². The van der Waals surface area contributed by atoms with Crippen molar-refractivity contribution in [3.8, 4) is 5.75 Å². The molecule has 0 unspecified atom stereocenters. The second-order valence-electron chi connectivity index (χ2n) is 6.30. The third kappa shape index (κ3) is 4.05. The number of ether oxygens (including phenoxy) is 1. The van der Waals surface area contributed by atoms with E-state index in [9.17, 15) is 17.6 Å². The Bertz CT molecular complexity index is 976. The molecule has 0 aromatic heterocycles. The Hall–Kier alpha value is -2.61. The molecule has 144 valence electrons. The van der Waals surface area contributed by atoms with E-state index >= 15 is 0 Å². The van der Waals surface area contributed by atoms with Gasteiger partial charge in [0.2, 0.25) is 5.91 Å². The molecular formula is C19H21FN2O4S. The van der Waals surface area contributed by atoms with Crippen LogP contribution >= 0.6 is 0 Å². The van der Waals surface area contributed by atoms with Gasteiger partial charge in [0.1, 0.15) is 0 Å². The SMILES string of the molecule is CCC(=O)N1CCc2ccc(NS(=O)(=O)c3ccc(OC)c(F)c3)cc2C1. The molecule has 1 N–H and O–H groups in total. The summed E-state index contributed by atoms with van der Waals surface area (Å²) in [6.45, 7) is 2.93. The molecule has 0 fully saturated rings. The molecule has 3 rings (SSSR count). The minimum atomic E-state index is -3.95. The first-order chi connectivity index (χ1) is 12.8. The molecule has 27 heavy (non-hydrogen) atoms. The fourth-order valence-electron chi connectivity index (χ4n) is 3.09. The van der Waals surface area contributed by atoms with E-state index in [0.29, 0.717) is 25.2 Å². The zero-order chi connectivity index (χ0) is 19.6. The third-order valence-electron chi connectivity index (χ3n) is 4.56. The number of amides is 1. The molecule has 1 heterocycles. The molecule has 1 aliphatic heterocycles. The molecule has 2 aromatic carbocycles.